The molecule has 3 heteroatoms. The summed E-state index contributed by atoms with van der Waals surface area (Å²) in [6.45, 7) is 1.57. The van der Waals surface area contributed by atoms with Crippen LogP contribution in [0.5, 0.6) is 0 Å². The molecule has 1 aliphatic rings. The second-order valence-electron chi connectivity index (χ2n) is 4.61. The van der Waals surface area contributed by atoms with Gasteiger partial charge in [-0.15, -0.1) is 0 Å². The van der Waals surface area contributed by atoms with Gasteiger partial charge in [0.05, 0.1) is 0 Å². The van der Waals surface area contributed by atoms with Crippen LogP contribution in [0.3, 0.4) is 0 Å². The molecule has 0 unspecified atom stereocenters. The van der Waals surface area contributed by atoms with Gasteiger partial charge in [-0.1, -0.05) is 18.9 Å². The minimum Gasteiger partial charge on any atom is -0.295 e. The summed E-state index contributed by atoms with van der Waals surface area (Å²) in [6, 6.07) is 5.15. The molecule has 0 aliphatic heterocycles. The van der Waals surface area contributed by atoms with Crippen molar-refractivity contribution in [2.45, 2.75) is 38.5 Å². The van der Waals surface area contributed by atoms with Crippen molar-refractivity contribution < 1.29 is 9.59 Å². The molecular weight excluding hydrogens is 236 g/mol. The zero-order valence-electron chi connectivity index (χ0n) is 9.83. The van der Waals surface area contributed by atoms with Crippen molar-refractivity contribution in [3.8, 4) is 0 Å². The van der Waals surface area contributed by atoms with Gasteiger partial charge >= 0.3 is 0 Å². The zero-order chi connectivity index (χ0) is 12.4. The lowest BCUT2D eigenvalue weighted by atomic mass is 9.90. The molecule has 2 nitrogen and oxygen atoms in total. The highest BCUT2D eigenvalue weighted by Gasteiger charge is 2.22. The second kappa shape index (κ2) is 5.01. The lowest BCUT2D eigenvalue weighted by Crippen LogP contribution is -2.05. The van der Waals surface area contributed by atoms with Crippen LogP contribution < -0.4 is 0 Å². The maximum absolute atomic E-state index is 11.6. The maximum atomic E-state index is 11.6. The third-order valence-electron chi connectivity index (χ3n) is 3.45. The van der Waals surface area contributed by atoms with Gasteiger partial charge in [0.15, 0.2) is 5.78 Å². The van der Waals surface area contributed by atoms with Crippen LogP contribution in [0.15, 0.2) is 18.2 Å². The molecule has 1 aromatic rings. The average molecular weight is 251 g/mol. The fourth-order valence-electron chi connectivity index (χ4n) is 2.58. The third-order valence-corrected chi connectivity index (χ3v) is 3.67. The van der Waals surface area contributed by atoms with Crippen LogP contribution in [0.2, 0.25) is 0 Å². The first kappa shape index (κ1) is 12.3. The molecule has 0 heterocycles. The summed E-state index contributed by atoms with van der Waals surface area (Å²) in [5.74, 6) is 0.463. The topological polar surface area (TPSA) is 34.1 Å². The Hall–Kier alpha value is -1.15. The minimum atomic E-state index is -0.459. The van der Waals surface area contributed by atoms with E-state index in [2.05, 4.69) is 0 Å². The molecule has 90 valence electrons. The molecule has 0 aromatic heterocycles. The highest BCUT2D eigenvalue weighted by atomic mass is 35.5. The van der Waals surface area contributed by atoms with E-state index in [4.69, 9.17) is 11.6 Å². The van der Waals surface area contributed by atoms with Crippen LogP contribution in [-0.2, 0) is 0 Å². The Morgan fingerprint density at radius 1 is 1.24 bits per heavy atom. The van der Waals surface area contributed by atoms with E-state index in [1.807, 2.05) is 0 Å². The summed E-state index contributed by atoms with van der Waals surface area (Å²) in [6.07, 6.45) is 4.59. The summed E-state index contributed by atoms with van der Waals surface area (Å²) in [7, 11) is 0. The summed E-state index contributed by atoms with van der Waals surface area (Å²) < 4.78 is 0. The van der Waals surface area contributed by atoms with Gasteiger partial charge in [0.25, 0.3) is 5.24 Å². The molecule has 17 heavy (non-hydrogen) atoms. The van der Waals surface area contributed by atoms with Crippen LogP contribution in [-0.4, -0.2) is 11.0 Å². The molecule has 1 aromatic carbocycles. The van der Waals surface area contributed by atoms with Crippen molar-refractivity contribution >= 4 is 22.6 Å². The van der Waals surface area contributed by atoms with Crippen LogP contribution in [0.1, 0.15) is 64.8 Å². The zero-order valence-corrected chi connectivity index (χ0v) is 10.6. The molecule has 0 spiro atoms. The first-order chi connectivity index (χ1) is 8.09. The molecule has 1 fully saturated rings. The molecule has 0 radical (unpaired) electrons. The molecule has 1 saturated carbocycles. The van der Waals surface area contributed by atoms with E-state index in [1.54, 1.807) is 25.1 Å². The predicted octanol–water partition coefficient (Wildman–Crippen LogP) is 3.93. The maximum Gasteiger partial charge on any atom is 0.252 e. The highest BCUT2D eigenvalue weighted by Crippen LogP contribution is 2.36. The van der Waals surface area contributed by atoms with Gasteiger partial charge in [-0.05, 0) is 55.0 Å². The fraction of sp³-hybridized carbons (Fsp3) is 0.429. The Kier molecular flexibility index (Phi) is 3.63. The summed E-state index contributed by atoms with van der Waals surface area (Å²) in [5.41, 5.74) is 2.22. The Balaban J connectivity index is 2.46. The third kappa shape index (κ3) is 2.58. The smallest absolute Gasteiger partial charge is 0.252 e. The van der Waals surface area contributed by atoms with Gasteiger partial charge in [0.1, 0.15) is 0 Å². The molecule has 0 atom stereocenters. The van der Waals surface area contributed by atoms with E-state index in [0.29, 0.717) is 11.5 Å². The second-order valence-corrected chi connectivity index (χ2v) is 4.96. The standard InChI is InChI=1S/C14H15ClO2/c1-9(16)12-7-6-11(14(15)17)8-13(12)10-4-2-3-5-10/h6-8,10H,2-5H2,1H3. The van der Waals surface area contributed by atoms with Crippen molar-refractivity contribution in [2.24, 2.45) is 0 Å². The monoisotopic (exact) mass is 250 g/mol. The number of ketones is 1. The van der Waals surface area contributed by atoms with Crippen molar-refractivity contribution in [1.82, 2.24) is 0 Å². The molecule has 2 rings (SSSR count). The SMILES string of the molecule is CC(=O)c1ccc(C(=O)Cl)cc1C1CCCC1. The molecule has 0 saturated heterocycles. The quantitative estimate of drug-likeness (QED) is 0.602. The number of rotatable bonds is 3. The van der Waals surface area contributed by atoms with Crippen molar-refractivity contribution in [2.75, 3.05) is 0 Å². The van der Waals surface area contributed by atoms with Gasteiger partial charge in [0.2, 0.25) is 0 Å². The average Bonchev–Trinajstić information content (AvgIpc) is 2.81. The number of carbonyl (C=O) groups excluding carboxylic acids is 2. The van der Waals surface area contributed by atoms with Crippen molar-refractivity contribution in [3.63, 3.8) is 0 Å². The fourth-order valence-corrected chi connectivity index (χ4v) is 2.70. The van der Waals surface area contributed by atoms with Crippen LogP contribution in [0, 0.1) is 0 Å². The number of hydrogen-bond acceptors (Lipinski definition) is 2. The van der Waals surface area contributed by atoms with Gasteiger partial charge in [-0.2, -0.15) is 0 Å². The van der Waals surface area contributed by atoms with Gasteiger partial charge in [0, 0.05) is 11.1 Å². The van der Waals surface area contributed by atoms with E-state index < -0.39 is 5.24 Å². The van der Waals surface area contributed by atoms with Crippen molar-refractivity contribution in [1.29, 1.82) is 0 Å². The molecule has 0 amide bonds. The minimum absolute atomic E-state index is 0.0560. The molecule has 0 bridgehead atoms. The van der Waals surface area contributed by atoms with E-state index in [-0.39, 0.29) is 5.78 Å². The number of carbonyl (C=O) groups is 2. The largest absolute Gasteiger partial charge is 0.295 e. The Bertz CT molecular complexity index is 459. The Morgan fingerprint density at radius 3 is 2.41 bits per heavy atom. The Labute approximate surface area is 106 Å². The summed E-state index contributed by atoms with van der Waals surface area (Å²) in [5, 5.41) is -0.459. The van der Waals surface area contributed by atoms with Crippen LogP contribution in [0.4, 0.5) is 0 Å². The molecular formula is C14H15ClO2. The molecule has 0 N–H and O–H groups in total. The first-order valence-electron chi connectivity index (χ1n) is 5.94. The number of hydrogen-bond donors (Lipinski definition) is 0. The number of Topliss-reactive ketones (excluding diaryl/α,β-unsaturated/α-hetero) is 1. The summed E-state index contributed by atoms with van der Waals surface area (Å²) >= 11 is 5.49. The number of benzene rings is 1. The van der Waals surface area contributed by atoms with E-state index in [0.717, 1.165) is 24.0 Å². The van der Waals surface area contributed by atoms with Crippen LogP contribution >= 0.6 is 11.6 Å². The summed E-state index contributed by atoms with van der Waals surface area (Å²) in [4.78, 5) is 22.8. The normalized spacial score (nSPS) is 16.1. The van der Waals surface area contributed by atoms with Crippen LogP contribution in [0.25, 0.3) is 0 Å². The molecule has 1 aliphatic carbocycles. The van der Waals surface area contributed by atoms with Gasteiger partial charge in [-0.3, -0.25) is 9.59 Å². The predicted molar refractivity (Wildman–Crippen MR) is 67.8 cm³/mol. The first-order valence-corrected chi connectivity index (χ1v) is 6.32. The number of halogens is 1. The van der Waals surface area contributed by atoms with Gasteiger partial charge < -0.3 is 0 Å². The Morgan fingerprint density at radius 2 is 1.88 bits per heavy atom. The van der Waals surface area contributed by atoms with E-state index >= 15 is 0 Å². The lowest BCUT2D eigenvalue weighted by Gasteiger charge is -2.14. The highest BCUT2D eigenvalue weighted by molar-refractivity contribution is 6.67. The van der Waals surface area contributed by atoms with E-state index in [1.165, 1.54) is 12.8 Å². The van der Waals surface area contributed by atoms with Crippen molar-refractivity contribution in [3.05, 3.63) is 34.9 Å². The van der Waals surface area contributed by atoms with E-state index in [9.17, 15) is 9.59 Å². The van der Waals surface area contributed by atoms with Gasteiger partial charge in [-0.25, -0.2) is 0 Å². The lowest BCUT2D eigenvalue weighted by molar-refractivity contribution is 0.101.